The third-order valence-corrected chi connectivity index (χ3v) is 9.78. The molecule has 8 heteroatoms. The Morgan fingerprint density at radius 1 is 0.333 bits per heavy atom. The Morgan fingerprint density at radius 2 is 0.633 bits per heavy atom. The van der Waals surface area contributed by atoms with Gasteiger partial charge in [0.2, 0.25) is 0 Å². The molecule has 0 amide bonds. The van der Waals surface area contributed by atoms with Gasteiger partial charge in [0, 0.05) is 70.7 Å². The first-order valence-corrected chi connectivity index (χ1v) is 19.1. The zero-order chi connectivity index (χ0) is 41.8. The van der Waals surface area contributed by atoms with Crippen molar-refractivity contribution in [3.8, 4) is 58.2 Å². The van der Waals surface area contributed by atoms with Crippen LogP contribution in [0, 0.1) is 23.7 Å². The molecule has 0 heterocycles. The molecule has 0 aliphatic rings. The number of hydrogen-bond donors (Lipinski definition) is 0. The highest BCUT2D eigenvalue weighted by Gasteiger charge is 2.26. The highest BCUT2D eigenvalue weighted by molar-refractivity contribution is 5.77. The van der Waals surface area contributed by atoms with E-state index in [9.17, 15) is 0 Å². The van der Waals surface area contributed by atoms with Crippen molar-refractivity contribution in [1.82, 2.24) is 4.90 Å². The fourth-order valence-corrected chi connectivity index (χ4v) is 6.58. The molecule has 7 rings (SSSR count). The summed E-state index contributed by atoms with van der Waals surface area (Å²) in [6, 6.07) is 51.8. The van der Waals surface area contributed by atoms with Crippen LogP contribution in [0.3, 0.4) is 0 Å². The van der Waals surface area contributed by atoms with Gasteiger partial charge in [-0.25, -0.2) is 0 Å². The second-order valence-corrected chi connectivity index (χ2v) is 13.3. The lowest BCUT2D eigenvalue weighted by atomic mass is 10.1. The summed E-state index contributed by atoms with van der Waals surface area (Å²) in [4.78, 5) is 4.33. The number of nitrogens with zero attached hydrogens (tertiary/aromatic N) is 2. The Balaban J connectivity index is 1.15. The van der Waals surface area contributed by atoms with Crippen LogP contribution in [0.15, 0.2) is 158 Å². The van der Waals surface area contributed by atoms with Crippen molar-refractivity contribution in [1.29, 1.82) is 0 Å². The Labute approximate surface area is 352 Å². The summed E-state index contributed by atoms with van der Waals surface area (Å²) in [5, 5.41) is 0. The lowest BCUT2D eigenvalue weighted by Gasteiger charge is -2.25. The van der Waals surface area contributed by atoms with E-state index in [0.29, 0.717) is 22.6 Å². The lowest BCUT2D eigenvalue weighted by Crippen LogP contribution is -2.11. The van der Waals surface area contributed by atoms with E-state index in [1.54, 1.807) is 42.7 Å². The summed E-state index contributed by atoms with van der Waals surface area (Å²) in [5.74, 6) is 17.6. The van der Waals surface area contributed by atoms with Crippen LogP contribution in [-0.4, -0.2) is 42.7 Å². The lowest BCUT2D eigenvalue weighted by molar-refractivity contribution is 0.393. The minimum absolute atomic E-state index is 0.591. The molecular weight excluding hydrogens is 749 g/mol. The van der Waals surface area contributed by atoms with Gasteiger partial charge in [0.25, 0.3) is 0 Å². The quantitative estimate of drug-likeness (QED) is 0.0902. The maximum Gasteiger partial charge on any atom is 0.192 e. The van der Waals surface area contributed by atoms with E-state index in [-0.39, 0.29) is 0 Å². The molecule has 0 unspecified atom stereocenters. The first-order valence-electron chi connectivity index (χ1n) is 19.1. The molecule has 0 bridgehead atoms. The predicted molar refractivity (Wildman–Crippen MR) is 239 cm³/mol. The van der Waals surface area contributed by atoms with E-state index in [0.717, 1.165) is 68.2 Å². The van der Waals surface area contributed by atoms with E-state index >= 15 is 0 Å². The van der Waals surface area contributed by atoms with Crippen LogP contribution >= 0.6 is 0 Å². The molecule has 0 atom stereocenters. The molecule has 0 aliphatic heterocycles. The Kier molecular flexibility index (Phi) is 12.9. The molecule has 7 aromatic carbocycles. The van der Waals surface area contributed by atoms with Crippen molar-refractivity contribution in [2.24, 2.45) is 0 Å². The molecule has 0 aliphatic carbocycles. The summed E-state index contributed by atoms with van der Waals surface area (Å²) in [6.07, 6.45) is 0. The smallest absolute Gasteiger partial charge is 0.192 e. The molecule has 7 aromatic rings. The molecule has 0 spiro atoms. The first kappa shape index (κ1) is 40.4. The highest BCUT2D eigenvalue weighted by atomic mass is 16.5. The van der Waals surface area contributed by atoms with Gasteiger partial charge in [-0.05, 0) is 115 Å². The van der Waals surface area contributed by atoms with Gasteiger partial charge in [0.1, 0.15) is 34.5 Å². The van der Waals surface area contributed by atoms with Crippen molar-refractivity contribution >= 4 is 34.1 Å². The van der Waals surface area contributed by atoms with Gasteiger partial charge in [0.05, 0.1) is 53.8 Å². The van der Waals surface area contributed by atoms with Crippen molar-refractivity contribution < 1.29 is 28.4 Å². The van der Waals surface area contributed by atoms with Crippen molar-refractivity contribution in [3.05, 3.63) is 180 Å². The maximum absolute atomic E-state index is 5.74. The van der Waals surface area contributed by atoms with Crippen molar-refractivity contribution in [2.45, 2.75) is 0 Å². The number of ether oxygens (including phenoxy) is 6. The SMILES string of the molecule is COc1ccc(N(c2ccc(C#Cc3cc(C#Cc4ccc([N+](c5ccc(OC)cc5)c5ccc(OC)cc5)cc4)c(OC)cc3OC)cc2)c2ccc(OC)cc2)cc1. The molecule has 297 valence electrons. The largest absolute Gasteiger partial charge is 0.497 e. The standard InChI is InChI=1S/C52H44N2O6/c1-55-47-27-19-43(20-28-47)53(44-21-29-48(56-2)30-22-44)41-15-9-37(10-16-41)7-13-39-35-40(52(60-6)36-51(39)59-5)14-8-38-11-17-42(18-12-38)54(45-23-31-49(57-3)32-24-45)46-25-33-50(58-4)34-26-46/h9-12,15-36H,1-6H3/q+1. The van der Waals surface area contributed by atoms with E-state index in [1.165, 1.54) is 0 Å². The Morgan fingerprint density at radius 3 is 0.967 bits per heavy atom. The molecule has 0 saturated carbocycles. The zero-order valence-electron chi connectivity index (χ0n) is 34.4. The van der Waals surface area contributed by atoms with Gasteiger partial charge in [0.15, 0.2) is 17.1 Å². The van der Waals surface area contributed by atoms with Gasteiger partial charge in [-0.1, -0.05) is 28.6 Å². The number of benzene rings is 7. The molecule has 1 radical (unpaired) electrons. The van der Waals surface area contributed by atoms with Crippen LogP contribution < -0.4 is 38.2 Å². The monoisotopic (exact) mass is 792 g/mol. The number of methoxy groups -OCH3 is 6. The van der Waals surface area contributed by atoms with Crippen LogP contribution in [0.2, 0.25) is 0 Å². The predicted octanol–water partition coefficient (Wildman–Crippen LogP) is 11.4. The van der Waals surface area contributed by atoms with E-state index < -0.39 is 0 Å². The average molecular weight is 793 g/mol. The summed E-state index contributed by atoms with van der Waals surface area (Å²) < 4.78 is 33.1. The van der Waals surface area contributed by atoms with Crippen molar-refractivity contribution in [3.63, 3.8) is 0 Å². The molecule has 0 aromatic heterocycles. The summed E-state index contributed by atoms with van der Waals surface area (Å²) in [5.41, 5.74) is 8.93. The summed E-state index contributed by atoms with van der Waals surface area (Å²) in [7, 11) is 9.89. The van der Waals surface area contributed by atoms with Gasteiger partial charge < -0.3 is 33.3 Å². The van der Waals surface area contributed by atoms with Gasteiger partial charge >= 0.3 is 0 Å². The van der Waals surface area contributed by atoms with Crippen molar-refractivity contribution in [2.75, 3.05) is 47.6 Å². The maximum atomic E-state index is 5.74. The Hall–Kier alpha value is -7.78. The number of rotatable bonds is 12. The van der Waals surface area contributed by atoms with Crippen LogP contribution in [0.25, 0.3) is 0 Å². The van der Waals surface area contributed by atoms with E-state index in [1.807, 2.05) is 133 Å². The van der Waals surface area contributed by atoms with E-state index in [4.69, 9.17) is 28.4 Å². The van der Waals surface area contributed by atoms with Gasteiger partial charge in [-0.2, -0.15) is 0 Å². The third-order valence-electron chi connectivity index (χ3n) is 9.78. The molecule has 0 N–H and O–H groups in total. The van der Waals surface area contributed by atoms with Crippen LogP contribution in [-0.2, 0) is 0 Å². The molecule has 0 fully saturated rings. The second-order valence-electron chi connectivity index (χ2n) is 13.3. The minimum atomic E-state index is 0.591. The first-order chi connectivity index (χ1) is 29.4. The number of hydrogen-bond acceptors (Lipinski definition) is 8. The minimum Gasteiger partial charge on any atom is -0.497 e. The highest BCUT2D eigenvalue weighted by Crippen LogP contribution is 2.38. The van der Waals surface area contributed by atoms with Gasteiger partial charge in [-0.3, -0.25) is 0 Å². The third kappa shape index (κ3) is 9.33. The molecular formula is C52H44N2O6+. The normalized spacial score (nSPS) is 10.4. The topological polar surface area (TPSA) is 64.5 Å². The van der Waals surface area contributed by atoms with Crippen LogP contribution in [0.5, 0.6) is 34.5 Å². The van der Waals surface area contributed by atoms with E-state index in [2.05, 4.69) is 57.7 Å². The summed E-state index contributed by atoms with van der Waals surface area (Å²) in [6.45, 7) is 0. The average Bonchev–Trinajstić information content (AvgIpc) is 3.32. The molecule has 0 saturated heterocycles. The fraction of sp³-hybridized carbons (Fsp3) is 0.115. The zero-order valence-corrected chi connectivity index (χ0v) is 34.4. The summed E-state index contributed by atoms with van der Waals surface area (Å²) >= 11 is 0. The van der Waals surface area contributed by atoms with Crippen LogP contribution in [0.4, 0.5) is 34.1 Å². The number of anilines is 6. The van der Waals surface area contributed by atoms with Crippen LogP contribution in [0.1, 0.15) is 22.3 Å². The molecule has 8 nitrogen and oxygen atoms in total. The second kappa shape index (κ2) is 19.1. The Bertz CT molecular complexity index is 2360. The fourth-order valence-electron chi connectivity index (χ4n) is 6.58. The molecule has 60 heavy (non-hydrogen) atoms. The van der Waals surface area contributed by atoms with Gasteiger partial charge in [-0.15, -0.1) is 0 Å².